The van der Waals surface area contributed by atoms with Crippen molar-refractivity contribution in [1.82, 2.24) is 13.6 Å². The molecule has 0 amide bonds. The van der Waals surface area contributed by atoms with Gasteiger partial charge in [-0.3, -0.25) is 4.98 Å². The van der Waals surface area contributed by atoms with Crippen molar-refractivity contribution in [3.05, 3.63) is 30.1 Å². The van der Waals surface area contributed by atoms with Crippen LogP contribution in [0, 0.1) is 0 Å². The van der Waals surface area contributed by atoms with E-state index in [9.17, 15) is 8.42 Å². The zero-order chi connectivity index (χ0) is 14.7. The SMILES string of the molecule is O=S(=O)(N1CCOCC1)N1CCC(c2ccccn2)CC1. The molecular weight excluding hydrogens is 290 g/mol. The molecule has 3 rings (SSSR count). The summed E-state index contributed by atoms with van der Waals surface area (Å²) in [5.74, 6) is 0.363. The van der Waals surface area contributed by atoms with Gasteiger partial charge in [0.2, 0.25) is 0 Å². The van der Waals surface area contributed by atoms with Gasteiger partial charge in [-0.25, -0.2) is 0 Å². The normalized spacial score (nSPS) is 23.2. The van der Waals surface area contributed by atoms with E-state index < -0.39 is 10.2 Å². The second kappa shape index (κ2) is 6.39. The van der Waals surface area contributed by atoms with E-state index in [1.807, 2.05) is 18.2 Å². The molecule has 0 aliphatic carbocycles. The van der Waals surface area contributed by atoms with Crippen molar-refractivity contribution >= 4 is 10.2 Å². The summed E-state index contributed by atoms with van der Waals surface area (Å²) >= 11 is 0. The van der Waals surface area contributed by atoms with Crippen molar-refractivity contribution in [2.24, 2.45) is 0 Å². The molecule has 6 nitrogen and oxygen atoms in total. The number of pyridine rings is 1. The molecule has 1 aromatic rings. The molecule has 0 spiro atoms. The number of rotatable bonds is 3. The van der Waals surface area contributed by atoms with E-state index in [0.717, 1.165) is 18.5 Å². The topological polar surface area (TPSA) is 62.7 Å². The number of hydrogen-bond acceptors (Lipinski definition) is 4. The molecule has 3 heterocycles. The lowest BCUT2D eigenvalue weighted by atomic mass is 9.94. The lowest BCUT2D eigenvalue weighted by Crippen LogP contribution is -2.50. The number of morpholine rings is 1. The Hall–Kier alpha value is -1.02. The van der Waals surface area contributed by atoms with E-state index in [0.29, 0.717) is 45.3 Å². The summed E-state index contributed by atoms with van der Waals surface area (Å²) in [6, 6.07) is 5.91. The zero-order valence-electron chi connectivity index (χ0n) is 12.0. The van der Waals surface area contributed by atoms with E-state index in [1.165, 1.54) is 4.31 Å². The highest BCUT2D eigenvalue weighted by molar-refractivity contribution is 7.86. The molecule has 0 unspecified atom stereocenters. The Bertz CT molecular complexity index is 550. The van der Waals surface area contributed by atoms with Gasteiger partial charge in [0.25, 0.3) is 10.2 Å². The highest BCUT2D eigenvalue weighted by atomic mass is 32.2. The van der Waals surface area contributed by atoms with Crippen molar-refractivity contribution < 1.29 is 13.2 Å². The third-order valence-corrected chi connectivity index (χ3v) is 6.22. The van der Waals surface area contributed by atoms with Gasteiger partial charge >= 0.3 is 0 Å². The molecule has 21 heavy (non-hydrogen) atoms. The van der Waals surface area contributed by atoms with Gasteiger partial charge in [-0.1, -0.05) is 6.07 Å². The van der Waals surface area contributed by atoms with Crippen LogP contribution in [-0.4, -0.2) is 61.4 Å². The van der Waals surface area contributed by atoms with E-state index >= 15 is 0 Å². The maximum absolute atomic E-state index is 12.6. The number of aromatic nitrogens is 1. The summed E-state index contributed by atoms with van der Waals surface area (Å²) < 4.78 is 33.5. The number of hydrogen-bond donors (Lipinski definition) is 0. The predicted molar refractivity (Wildman–Crippen MR) is 79.1 cm³/mol. The molecule has 0 N–H and O–H groups in total. The summed E-state index contributed by atoms with van der Waals surface area (Å²) in [6.07, 6.45) is 3.47. The first-order chi connectivity index (χ1) is 10.2. The van der Waals surface area contributed by atoms with E-state index in [-0.39, 0.29) is 0 Å². The van der Waals surface area contributed by atoms with Crippen LogP contribution in [0.3, 0.4) is 0 Å². The number of piperidine rings is 1. The summed E-state index contributed by atoms with van der Waals surface area (Å²) in [5.41, 5.74) is 1.07. The minimum absolute atomic E-state index is 0.363. The van der Waals surface area contributed by atoms with Crippen LogP contribution in [0.2, 0.25) is 0 Å². The first kappa shape index (κ1) is 14.9. The van der Waals surface area contributed by atoms with E-state index in [4.69, 9.17) is 4.74 Å². The Morgan fingerprint density at radius 1 is 1.05 bits per heavy atom. The molecule has 7 heteroatoms. The molecule has 0 atom stereocenters. The number of nitrogens with zero attached hydrogens (tertiary/aromatic N) is 3. The van der Waals surface area contributed by atoms with Crippen molar-refractivity contribution in [3.63, 3.8) is 0 Å². The summed E-state index contributed by atoms with van der Waals surface area (Å²) in [5, 5.41) is 0. The first-order valence-electron chi connectivity index (χ1n) is 7.42. The van der Waals surface area contributed by atoms with Gasteiger partial charge in [-0.05, 0) is 25.0 Å². The third kappa shape index (κ3) is 3.26. The predicted octanol–water partition coefficient (Wildman–Crippen LogP) is 0.838. The van der Waals surface area contributed by atoms with Gasteiger partial charge < -0.3 is 4.74 Å². The van der Waals surface area contributed by atoms with Crippen molar-refractivity contribution in [1.29, 1.82) is 0 Å². The van der Waals surface area contributed by atoms with Crippen LogP contribution in [0.15, 0.2) is 24.4 Å². The molecule has 0 radical (unpaired) electrons. The first-order valence-corrected chi connectivity index (χ1v) is 8.81. The molecular formula is C14H21N3O3S. The fraction of sp³-hybridized carbons (Fsp3) is 0.643. The molecule has 1 aromatic heterocycles. The molecule has 2 fully saturated rings. The van der Waals surface area contributed by atoms with E-state index in [1.54, 1.807) is 10.5 Å². The summed E-state index contributed by atoms with van der Waals surface area (Å²) in [4.78, 5) is 4.38. The lowest BCUT2D eigenvalue weighted by molar-refractivity contribution is 0.0696. The smallest absolute Gasteiger partial charge is 0.282 e. The van der Waals surface area contributed by atoms with E-state index in [2.05, 4.69) is 4.98 Å². The maximum atomic E-state index is 12.6. The Kier molecular flexibility index (Phi) is 4.54. The number of ether oxygens (including phenoxy) is 1. The van der Waals surface area contributed by atoms with Crippen LogP contribution < -0.4 is 0 Å². The van der Waals surface area contributed by atoms with Crippen molar-refractivity contribution in [2.45, 2.75) is 18.8 Å². The monoisotopic (exact) mass is 311 g/mol. The molecule has 2 saturated heterocycles. The van der Waals surface area contributed by atoms with Gasteiger partial charge in [0.05, 0.1) is 13.2 Å². The minimum atomic E-state index is -3.32. The fourth-order valence-corrected chi connectivity index (χ4v) is 4.55. The van der Waals surface area contributed by atoms with Crippen molar-refractivity contribution in [3.8, 4) is 0 Å². The molecule has 2 aliphatic rings. The van der Waals surface area contributed by atoms with Gasteiger partial charge in [0.15, 0.2) is 0 Å². The van der Waals surface area contributed by atoms with Crippen LogP contribution in [0.1, 0.15) is 24.5 Å². The minimum Gasteiger partial charge on any atom is -0.379 e. The second-order valence-corrected chi connectivity index (χ2v) is 7.38. The van der Waals surface area contributed by atoms with Crippen molar-refractivity contribution in [2.75, 3.05) is 39.4 Å². The van der Waals surface area contributed by atoms with Crippen LogP contribution >= 0.6 is 0 Å². The van der Waals surface area contributed by atoms with Crippen LogP contribution in [0.25, 0.3) is 0 Å². The van der Waals surface area contributed by atoms with Gasteiger partial charge in [0, 0.05) is 44.0 Å². The maximum Gasteiger partial charge on any atom is 0.282 e. The average molecular weight is 311 g/mol. The lowest BCUT2D eigenvalue weighted by Gasteiger charge is -2.36. The Morgan fingerprint density at radius 3 is 2.33 bits per heavy atom. The quantitative estimate of drug-likeness (QED) is 0.830. The Balaban J connectivity index is 1.62. The standard InChI is InChI=1S/C14H21N3O3S/c18-21(19,17-9-11-20-12-10-17)16-7-4-13(5-8-16)14-3-1-2-6-15-14/h1-3,6,13H,4-5,7-12H2. The highest BCUT2D eigenvalue weighted by Crippen LogP contribution is 2.28. The van der Waals surface area contributed by atoms with Gasteiger partial charge in [-0.15, -0.1) is 0 Å². The van der Waals surface area contributed by atoms with Crippen LogP contribution in [-0.2, 0) is 14.9 Å². The summed E-state index contributed by atoms with van der Waals surface area (Å²) in [7, 11) is -3.32. The van der Waals surface area contributed by atoms with Crippen LogP contribution in [0.4, 0.5) is 0 Å². The molecule has 2 aliphatic heterocycles. The van der Waals surface area contributed by atoms with Gasteiger partial charge in [0.1, 0.15) is 0 Å². The Labute approximate surface area is 125 Å². The molecule has 0 saturated carbocycles. The fourth-order valence-electron chi connectivity index (χ4n) is 2.94. The zero-order valence-corrected chi connectivity index (χ0v) is 12.8. The Morgan fingerprint density at radius 2 is 1.71 bits per heavy atom. The van der Waals surface area contributed by atoms with Crippen LogP contribution in [0.5, 0.6) is 0 Å². The molecule has 116 valence electrons. The highest BCUT2D eigenvalue weighted by Gasteiger charge is 2.34. The van der Waals surface area contributed by atoms with Gasteiger partial charge in [-0.2, -0.15) is 17.0 Å². The molecule has 0 bridgehead atoms. The summed E-state index contributed by atoms with van der Waals surface area (Å²) in [6.45, 7) is 3.04. The molecule has 0 aromatic carbocycles. The third-order valence-electron chi connectivity index (χ3n) is 4.18. The second-order valence-electron chi connectivity index (χ2n) is 5.45. The largest absolute Gasteiger partial charge is 0.379 e. The average Bonchev–Trinajstić information content (AvgIpc) is 2.57.